The molecule has 0 amide bonds. The molecule has 2 N–H and O–H groups in total. The molecule has 3 rings (SSSR count). The van der Waals surface area contributed by atoms with Crippen molar-refractivity contribution in [1.29, 1.82) is 0 Å². The van der Waals surface area contributed by atoms with Crippen LogP contribution in [-0.4, -0.2) is 42.7 Å². The Morgan fingerprint density at radius 3 is 2.24 bits per heavy atom. The van der Waals surface area contributed by atoms with Crippen LogP contribution in [0.4, 0.5) is 0 Å². The summed E-state index contributed by atoms with van der Waals surface area (Å²) in [5.41, 5.74) is 8.35. The fraction of sp³-hybridized carbons (Fsp3) is 0.368. The maximum Gasteiger partial charge on any atom is 0.282 e. The van der Waals surface area contributed by atoms with Crippen molar-refractivity contribution in [3.8, 4) is 0 Å². The second-order valence-corrected chi connectivity index (χ2v) is 8.35. The average molecular weight is 359 g/mol. The van der Waals surface area contributed by atoms with Crippen LogP contribution < -0.4 is 5.73 Å². The van der Waals surface area contributed by atoms with E-state index in [1.54, 1.807) is 0 Å². The van der Waals surface area contributed by atoms with Gasteiger partial charge in [-0.3, -0.25) is 0 Å². The average Bonchev–Trinajstić information content (AvgIpc) is 3.04. The van der Waals surface area contributed by atoms with Gasteiger partial charge in [0.1, 0.15) is 0 Å². The van der Waals surface area contributed by atoms with Gasteiger partial charge in [0.25, 0.3) is 10.2 Å². The lowest BCUT2D eigenvalue weighted by Gasteiger charge is -2.26. The van der Waals surface area contributed by atoms with Crippen molar-refractivity contribution >= 4 is 10.2 Å². The van der Waals surface area contributed by atoms with Crippen LogP contribution in [-0.2, 0) is 16.8 Å². The topological polar surface area (TPSA) is 66.6 Å². The Bertz CT molecular complexity index is 781. The lowest BCUT2D eigenvalue weighted by Crippen LogP contribution is -2.43. The molecule has 25 heavy (non-hydrogen) atoms. The van der Waals surface area contributed by atoms with Crippen molar-refractivity contribution in [2.75, 3.05) is 19.6 Å². The Kier molecular flexibility index (Phi) is 5.54. The van der Waals surface area contributed by atoms with Crippen LogP contribution in [0.25, 0.3) is 0 Å². The number of hydrogen-bond donors (Lipinski definition) is 1. The highest BCUT2D eigenvalue weighted by Gasteiger charge is 2.39. The first-order valence-corrected chi connectivity index (χ1v) is 10.0. The molecular weight excluding hydrogens is 334 g/mol. The molecule has 2 aromatic carbocycles. The molecule has 1 heterocycles. The van der Waals surface area contributed by atoms with Gasteiger partial charge in [0.05, 0.1) is 0 Å². The number of nitrogens with two attached hydrogens (primary N) is 1. The summed E-state index contributed by atoms with van der Waals surface area (Å²) in [5.74, 6) is 0.0337. The van der Waals surface area contributed by atoms with Crippen molar-refractivity contribution in [2.24, 2.45) is 5.73 Å². The summed E-state index contributed by atoms with van der Waals surface area (Å²) in [4.78, 5) is 0. The third kappa shape index (κ3) is 3.93. The quantitative estimate of drug-likeness (QED) is 0.860. The first-order chi connectivity index (χ1) is 12.0. The first-order valence-electron chi connectivity index (χ1n) is 8.62. The summed E-state index contributed by atoms with van der Waals surface area (Å²) in [7, 11) is -3.54. The second-order valence-electron chi connectivity index (χ2n) is 6.42. The van der Waals surface area contributed by atoms with Crippen molar-refractivity contribution in [3.05, 3.63) is 71.8 Å². The van der Waals surface area contributed by atoms with Gasteiger partial charge in [-0.15, -0.1) is 0 Å². The fourth-order valence-corrected chi connectivity index (χ4v) is 5.01. The highest BCUT2D eigenvalue weighted by Crippen LogP contribution is 2.29. The third-order valence-corrected chi connectivity index (χ3v) is 6.76. The molecule has 0 aromatic heterocycles. The van der Waals surface area contributed by atoms with E-state index in [4.69, 9.17) is 5.73 Å². The molecule has 2 aromatic rings. The SMILES string of the molecule is CCN(Cc1ccccc1)S(=O)(=O)N1C[C@@H](N)[C@H](c2ccccc2)C1. The summed E-state index contributed by atoms with van der Waals surface area (Å²) in [6.07, 6.45) is 0. The maximum atomic E-state index is 13.1. The second kappa shape index (κ2) is 7.66. The largest absolute Gasteiger partial charge is 0.326 e. The van der Waals surface area contributed by atoms with Gasteiger partial charge < -0.3 is 5.73 Å². The van der Waals surface area contributed by atoms with Crippen molar-refractivity contribution in [3.63, 3.8) is 0 Å². The minimum Gasteiger partial charge on any atom is -0.326 e. The molecular formula is C19H25N3O2S. The minimum atomic E-state index is -3.54. The normalized spacial score (nSPS) is 21.7. The zero-order chi connectivity index (χ0) is 17.9. The number of benzene rings is 2. The molecule has 5 nitrogen and oxygen atoms in total. The summed E-state index contributed by atoms with van der Waals surface area (Å²) in [5, 5.41) is 0. The molecule has 1 aliphatic rings. The van der Waals surface area contributed by atoms with E-state index < -0.39 is 10.2 Å². The van der Waals surface area contributed by atoms with Crippen LogP contribution >= 0.6 is 0 Å². The van der Waals surface area contributed by atoms with E-state index in [2.05, 4.69) is 0 Å². The molecule has 6 heteroatoms. The Labute approximate surface area is 150 Å². The van der Waals surface area contributed by atoms with Gasteiger partial charge in [-0.25, -0.2) is 0 Å². The van der Waals surface area contributed by atoms with Gasteiger partial charge in [0.2, 0.25) is 0 Å². The minimum absolute atomic E-state index is 0.0337. The van der Waals surface area contributed by atoms with Gasteiger partial charge >= 0.3 is 0 Å². The third-order valence-electron chi connectivity index (χ3n) is 4.77. The van der Waals surface area contributed by atoms with Crippen molar-refractivity contribution in [1.82, 2.24) is 8.61 Å². The Hall–Kier alpha value is -1.73. The monoisotopic (exact) mass is 359 g/mol. The van der Waals surface area contributed by atoms with E-state index in [1.165, 1.54) is 8.61 Å². The molecule has 0 unspecified atom stereocenters. The van der Waals surface area contributed by atoms with Gasteiger partial charge in [-0.2, -0.15) is 17.0 Å². The molecule has 1 aliphatic heterocycles. The lowest BCUT2D eigenvalue weighted by atomic mass is 9.95. The Balaban J connectivity index is 1.77. The summed E-state index contributed by atoms with van der Waals surface area (Å²) < 4.78 is 29.2. The molecule has 0 spiro atoms. The Morgan fingerprint density at radius 1 is 1.04 bits per heavy atom. The van der Waals surface area contributed by atoms with Gasteiger partial charge in [-0.1, -0.05) is 67.6 Å². The number of nitrogens with zero attached hydrogens (tertiary/aromatic N) is 2. The predicted molar refractivity (Wildman–Crippen MR) is 100 cm³/mol. The van der Waals surface area contributed by atoms with Crippen LogP contribution in [0.2, 0.25) is 0 Å². The van der Waals surface area contributed by atoms with Gasteiger partial charge in [0, 0.05) is 38.1 Å². The van der Waals surface area contributed by atoms with Crippen LogP contribution in [0.1, 0.15) is 24.0 Å². The standard InChI is InChI=1S/C19H25N3O2S/c1-2-21(13-16-9-5-3-6-10-16)25(23,24)22-14-18(19(20)15-22)17-11-7-4-8-12-17/h3-12,18-19H,2,13-15,20H2,1H3/t18-,19+/m0/s1. The lowest BCUT2D eigenvalue weighted by molar-refractivity contribution is 0.363. The van der Waals surface area contributed by atoms with E-state index in [0.29, 0.717) is 26.2 Å². The number of rotatable bonds is 6. The van der Waals surface area contributed by atoms with Gasteiger partial charge in [-0.05, 0) is 11.1 Å². The smallest absolute Gasteiger partial charge is 0.282 e. The maximum absolute atomic E-state index is 13.1. The molecule has 0 radical (unpaired) electrons. The summed E-state index contributed by atoms with van der Waals surface area (Å²) in [6.45, 7) is 3.46. The molecule has 2 atom stereocenters. The van der Waals surface area contributed by atoms with Crippen molar-refractivity contribution < 1.29 is 8.42 Å². The van der Waals surface area contributed by atoms with Crippen LogP contribution in [0, 0.1) is 0 Å². The first kappa shape index (κ1) is 18.1. The summed E-state index contributed by atoms with van der Waals surface area (Å²) in [6, 6.07) is 19.4. The molecule has 1 saturated heterocycles. The zero-order valence-electron chi connectivity index (χ0n) is 14.5. The number of hydrogen-bond acceptors (Lipinski definition) is 3. The molecule has 0 aliphatic carbocycles. The highest BCUT2D eigenvalue weighted by molar-refractivity contribution is 7.86. The van der Waals surface area contributed by atoms with E-state index in [9.17, 15) is 8.42 Å². The molecule has 0 saturated carbocycles. The fourth-order valence-electron chi connectivity index (χ4n) is 3.34. The van der Waals surface area contributed by atoms with Crippen LogP contribution in [0.15, 0.2) is 60.7 Å². The van der Waals surface area contributed by atoms with E-state index in [0.717, 1.165) is 11.1 Å². The van der Waals surface area contributed by atoms with Crippen molar-refractivity contribution in [2.45, 2.75) is 25.4 Å². The predicted octanol–water partition coefficient (Wildman–Crippen LogP) is 2.18. The summed E-state index contributed by atoms with van der Waals surface area (Å²) >= 11 is 0. The van der Waals surface area contributed by atoms with E-state index in [-0.39, 0.29) is 12.0 Å². The van der Waals surface area contributed by atoms with E-state index >= 15 is 0 Å². The van der Waals surface area contributed by atoms with Gasteiger partial charge in [0.15, 0.2) is 0 Å². The highest BCUT2D eigenvalue weighted by atomic mass is 32.2. The van der Waals surface area contributed by atoms with Crippen LogP contribution in [0.3, 0.4) is 0 Å². The molecule has 134 valence electrons. The molecule has 1 fully saturated rings. The molecule has 0 bridgehead atoms. The Morgan fingerprint density at radius 2 is 1.64 bits per heavy atom. The van der Waals surface area contributed by atoms with Crippen LogP contribution in [0.5, 0.6) is 0 Å². The van der Waals surface area contributed by atoms with E-state index in [1.807, 2.05) is 67.6 Å². The zero-order valence-corrected chi connectivity index (χ0v) is 15.3.